The zero-order valence-corrected chi connectivity index (χ0v) is 13.0. The molecule has 0 unspecified atom stereocenters. The number of fused-ring (bicyclic) bond motifs is 1. The number of nitrogens with one attached hydrogen (secondary N) is 1. The van der Waals surface area contributed by atoms with Crippen LogP contribution in [0, 0.1) is 27.7 Å². The van der Waals surface area contributed by atoms with Gasteiger partial charge in [0.1, 0.15) is 0 Å². The van der Waals surface area contributed by atoms with Crippen molar-refractivity contribution in [3.63, 3.8) is 0 Å². The summed E-state index contributed by atoms with van der Waals surface area (Å²) in [4.78, 5) is 4.69. The molecule has 0 fully saturated rings. The summed E-state index contributed by atoms with van der Waals surface area (Å²) < 4.78 is 0. The molecule has 1 heterocycles. The molecule has 3 rings (SSSR count). The Kier molecular flexibility index (Phi) is 3.38. The zero-order chi connectivity index (χ0) is 15.0. The van der Waals surface area contributed by atoms with E-state index >= 15 is 0 Å². The average Bonchev–Trinajstić information content (AvgIpc) is 2.43. The van der Waals surface area contributed by atoms with Gasteiger partial charge in [0.25, 0.3) is 0 Å². The maximum absolute atomic E-state index is 4.69. The zero-order valence-electron chi connectivity index (χ0n) is 13.0. The molecular weight excluding hydrogens is 256 g/mol. The summed E-state index contributed by atoms with van der Waals surface area (Å²) in [5.41, 5.74) is 8.08. The van der Waals surface area contributed by atoms with Crippen LogP contribution in [0.2, 0.25) is 0 Å². The van der Waals surface area contributed by atoms with Gasteiger partial charge in [-0.3, -0.25) is 4.98 Å². The van der Waals surface area contributed by atoms with Gasteiger partial charge < -0.3 is 5.32 Å². The van der Waals surface area contributed by atoms with E-state index in [1.165, 1.54) is 22.1 Å². The molecule has 2 nitrogen and oxygen atoms in total. The van der Waals surface area contributed by atoms with Gasteiger partial charge in [0.15, 0.2) is 0 Å². The number of benzene rings is 2. The van der Waals surface area contributed by atoms with E-state index in [0.29, 0.717) is 0 Å². The van der Waals surface area contributed by atoms with Crippen LogP contribution in [0.15, 0.2) is 42.5 Å². The minimum absolute atomic E-state index is 1.03. The van der Waals surface area contributed by atoms with Gasteiger partial charge >= 0.3 is 0 Å². The van der Waals surface area contributed by atoms with E-state index in [1.54, 1.807) is 0 Å². The molecule has 0 spiro atoms. The highest BCUT2D eigenvalue weighted by Gasteiger charge is 2.07. The maximum atomic E-state index is 4.69. The Morgan fingerprint density at radius 2 is 1.52 bits per heavy atom. The molecule has 1 N–H and O–H groups in total. The van der Waals surface area contributed by atoms with E-state index in [0.717, 1.165) is 22.6 Å². The van der Waals surface area contributed by atoms with Crippen molar-refractivity contribution >= 4 is 22.3 Å². The van der Waals surface area contributed by atoms with E-state index in [4.69, 9.17) is 4.98 Å². The second-order valence-corrected chi connectivity index (χ2v) is 5.78. The van der Waals surface area contributed by atoms with Gasteiger partial charge in [-0.15, -0.1) is 0 Å². The minimum Gasteiger partial charge on any atom is -0.355 e. The summed E-state index contributed by atoms with van der Waals surface area (Å²) >= 11 is 0. The van der Waals surface area contributed by atoms with Crippen molar-refractivity contribution in [2.45, 2.75) is 27.7 Å². The molecule has 0 aliphatic carbocycles. The standard InChI is InChI=1S/C19H20N2/c1-12-5-7-16(8-6-12)21-18-11-15(4)20-19-14(3)9-13(2)10-17(18)19/h5-11H,1-4H3,(H,20,21). The fraction of sp³-hybridized carbons (Fsp3) is 0.211. The summed E-state index contributed by atoms with van der Waals surface area (Å²) in [6.45, 7) is 8.39. The Morgan fingerprint density at radius 1 is 0.810 bits per heavy atom. The molecule has 1 aromatic heterocycles. The van der Waals surface area contributed by atoms with Gasteiger partial charge in [-0.05, 0) is 57.5 Å². The summed E-state index contributed by atoms with van der Waals surface area (Å²) in [5.74, 6) is 0. The third-order valence-electron chi connectivity index (χ3n) is 3.71. The number of rotatable bonds is 2. The Morgan fingerprint density at radius 3 is 2.24 bits per heavy atom. The van der Waals surface area contributed by atoms with Crippen LogP contribution >= 0.6 is 0 Å². The molecule has 0 bridgehead atoms. The van der Waals surface area contributed by atoms with Crippen molar-refractivity contribution < 1.29 is 0 Å². The molecule has 106 valence electrons. The van der Waals surface area contributed by atoms with Crippen molar-refractivity contribution in [1.82, 2.24) is 4.98 Å². The van der Waals surface area contributed by atoms with Crippen molar-refractivity contribution in [3.05, 3.63) is 64.8 Å². The van der Waals surface area contributed by atoms with Crippen LogP contribution in [0.3, 0.4) is 0 Å². The first-order valence-electron chi connectivity index (χ1n) is 7.25. The molecule has 3 aromatic rings. The van der Waals surface area contributed by atoms with Crippen LogP contribution in [-0.4, -0.2) is 4.98 Å². The van der Waals surface area contributed by atoms with E-state index in [9.17, 15) is 0 Å². The van der Waals surface area contributed by atoms with E-state index in [1.807, 2.05) is 6.92 Å². The molecule has 0 aliphatic rings. The van der Waals surface area contributed by atoms with Gasteiger partial charge in [-0.25, -0.2) is 0 Å². The fourth-order valence-electron chi connectivity index (χ4n) is 2.70. The summed E-state index contributed by atoms with van der Waals surface area (Å²) in [7, 11) is 0. The number of nitrogens with zero attached hydrogens (tertiary/aromatic N) is 1. The maximum Gasteiger partial charge on any atom is 0.0755 e. The first-order chi connectivity index (χ1) is 10.0. The highest BCUT2D eigenvalue weighted by atomic mass is 14.9. The van der Waals surface area contributed by atoms with Gasteiger partial charge in [0.05, 0.1) is 5.52 Å². The Balaban J connectivity index is 2.15. The van der Waals surface area contributed by atoms with Crippen LogP contribution in [0.4, 0.5) is 11.4 Å². The smallest absolute Gasteiger partial charge is 0.0755 e. The minimum atomic E-state index is 1.03. The van der Waals surface area contributed by atoms with Crippen molar-refractivity contribution in [1.29, 1.82) is 0 Å². The normalized spacial score (nSPS) is 10.9. The summed E-state index contributed by atoms with van der Waals surface area (Å²) in [6.07, 6.45) is 0. The third-order valence-corrected chi connectivity index (χ3v) is 3.71. The van der Waals surface area contributed by atoms with Crippen molar-refractivity contribution in [2.24, 2.45) is 0 Å². The second-order valence-electron chi connectivity index (χ2n) is 5.78. The van der Waals surface area contributed by atoms with Crippen molar-refractivity contribution in [2.75, 3.05) is 5.32 Å². The SMILES string of the molecule is Cc1ccc(Nc2cc(C)nc3c(C)cc(C)cc23)cc1. The highest BCUT2D eigenvalue weighted by molar-refractivity contribution is 5.95. The summed E-state index contributed by atoms with van der Waals surface area (Å²) in [6, 6.07) is 15.0. The number of aryl methyl sites for hydroxylation is 4. The average molecular weight is 276 g/mol. The Bertz CT molecular complexity index is 802. The Labute approximate surface area is 125 Å². The van der Waals surface area contributed by atoms with E-state index in [2.05, 4.69) is 68.6 Å². The van der Waals surface area contributed by atoms with Gasteiger partial charge in [-0.2, -0.15) is 0 Å². The molecule has 0 saturated heterocycles. The number of aromatic nitrogens is 1. The molecule has 2 heteroatoms. The topological polar surface area (TPSA) is 24.9 Å². The van der Waals surface area contributed by atoms with Crippen LogP contribution in [0.5, 0.6) is 0 Å². The third kappa shape index (κ3) is 2.75. The van der Waals surface area contributed by atoms with Crippen LogP contribution in [0.1, 0.15) is 22.4 Å². The predicted octanol–water partition coefficient (Wildman–Crippen LogP) is 5.21. The first kappa shape index (κ1) is 13.6. The largest absolute Gasteiger partial charge is 0.355 e. The van der Waals surface area contributed by atoms with E-state index < -0.39 is 0 Å². The van der Waals surface area contributed by atoms with Gasteiger partial charge in [0.2, 0.25) is 0 Å². The van der Waals surface area contributed by atoms with Crippen LogP contribution in [0.25, 0.3) is 10.9 Å². The quantitative estimate of drug-likeness (QED) is 0.694. The highest BCUT2D eigenvalue weighted by Crippen LogP contribution is 2.29. The van der Waals surface area contributed by atoms with Crippen molar-refractivity contribution in [3.8, 4) is 0 Å². The van der Waals surface area contributed by atoms with Crippen LogP contribution < -0.4 is 5.32 Å². The van der Waals surface area contributed by atoms with Gasteiger partial charge in [0, 0.05) is 22.5 Å². The van der Waals surface area contributed by atoms with Gasteiger partial charge in [-0.1, -0.05) is 29.3 Å². The Hall–Kier alpha value is -2.35. The first-order valence-corrected chi connectivity index (χ1v) is 7.25. The fourth-order valence-corrected chi connectivity index (χ4v) is 2.70. The number of hydrogen-bond donors (Lipinski definition) is 1. The summed E-state index contributed by atoms with van der Waals surface area (Å²) in [5, 5.41) is 4.71. The van der Waals surface area contributed by atoms with Crippen LogP contribution in [-0.2, 0) is 0 Å². The second kappa shape index (κ2) is 5.21. The molecule has 0 radical (unpaired) electrons. The van der Waals surface area contributed by atoms with E-state index in [-0.39, 0.29) is 0 Å². The monoisotopic (exact) mass is 276 g/mol. The number of pyridine rings is 1. The lowest BCUT2D eigenvalue weighted by Gasteiger charge is -2.13. The lowest BCUT2D eigenvalue weighted by Crippen LogP contribution is -1.96. The molecule has 2 aromatic carbocycles. The number of hydrogen-bond acceptors (Lipinski definition) is 2. The lowest BCUT2D eigenvalue weighted by molar-refractivity contribution is 1.23. The predicted molar refractivity (Wildman–Crippen MR) is 90.4 cm³/mol. The molecule has 0 aliphatic heterocycles. The molecule has 21 heavy (non-hydrogen) atoms. The lowest BCUT2D eigenvalue weighted by atomic mass is 10.0. The molecule has 0 saturated carbocycles. The molecule has 0 atom stereocenters. The molecule has 0 amide bonds. The number of anilines is 2. The molecular formula is C19H20N2.